The quantitative estimate of drug-likeness (QED) is 0.878. The van der Waals surface area contributed by atoms with Gasteiger partial charge >= 0.3 is 5.97 Å². The van der Waals surface area contributed by atoms with E-state index < -0.39 is 12.0 Å². The minimum atomic E-state index is -0.741. The lowest BCUT2D eigenvalue weighted by Crippen LogP contribution is -2.36. The molecule has 0 unspecified atom stereocenters. The van der Waals surface area contributed by atoms with Gasteiger partial charge in [0.2, 0.25) is 0 Å². The Kier molecular flexibility index (Phi) is 4.51. The minimum absolute atomic E-state index is 0.274. The van der Waals surface area contributed by atoms with Crippen molar-refractivity contribution >= 4 is 16.9 Å². The van der Waals surface area contributed by atoms with Crippen LogP contribution in [0.15, 0.2) is 18.2 Å². The molecule has 6 nitrogen and oxygen atoms in total. The normalized spacial score (nSPS) is 21.7. The predicted octanol–water partition coefficient (Wildman–Crippen LogP) is 2.07. The van der Waals surface area contributed by atoms with Crippen LogP contribution < -0.4 is 4.74 Å². The minimum Gasteiger partial charge on any atom is -0.497 e. The number of fused-ring (bicyclic) bond motifs is 1. The zero-order chi connectivity index (χ0) is 17.4. The molecule has 2 aromatic rings. The molecule has 2 atom stereocenters. The molecule has 1 aliphatic rings. The van der Waals surface area contributed by atoms with E-state index in [2.05, 4.69) is 21.7 Å². The van der Waals surface area contributed by atoms with Crippen molar-refractivity contribution in [3.8, 4) is 5.75 Å². The zero-order valence-electron chi connectivity index (χ0n) is 14.7. The molecule has 1 aromatic heterocycles. The number of carboxylic acids is 1. The number of carbonyl (C=O) groups is 1. The zero-order valence-corrected chi connectivity index (χ0v) is 14.7. The van der Waals surface area contributed by atoms with Crippen LogP contribution in [0, 0.1) is 6.92 Å². The Hall–Kier alpha value is -2.05. The number of hydrogen-bond acceptors (Lipinski definition) is 4. The van der Waals surface area contributed by atoms with Crippen molar-refractivity contribution in [2.75, 3.05) is 27.7 Å². The summed E-state index contributed by atoms with van der Waals surface area (Å²) in [6, 6.07) is 5.80. The van der Waals surface area contributed by atoms with Gasteiger partial charge in [0.05, 0.1) is 7.11 Å². The average Bonchev–Trinajstić information content (AvgIpc) is 3.10. The van der Waals surface area contributed by atoms with Gasteiger partial charge in [-0.3, -0.25) is 9.69 Å². The fourth-order valence-electron chi connectivity index (χ4n) is 3.53. The number of likely N-dealkylation sites (tertiary alicyclic amines) is 1. The number of likely N-dealkylation sites (N-methyl/N-ethyl adjacent to an activating group) is 1. The van der Waals surface area contributed by atoms with Crippen molar-refractivity contribution in [3.05, 3.63) is 29.5 Å². The van der Waals surface area contributed by atoms with E-state index in [9.17, 15) is 9.90 Å². The van der Waals surface area contributed by atoms with Gasteiger partial charge in [-0.25, -0.2) is 0 Å². The second-order valence-electron chi connectivity index (χ2n) is 6.78. The van der Waals surface area contributed by atoms with Crippen LogP contribution in [0.1, 0.15) is 17.7 Å². The summed E-state index contributed by atoms with van der Waals surface area (Å²) in [5.41, 5.74) is 3.28. The van der Waals surface area contributed by atoms with Gasteiger partial charge in [0.15, 0.2) is 0 Å². The van der Waals surface area contributed by atoms with Gasteiger partial charge in [-0.2, -0.15) is 0 Å². The lowest BCUT2D eigenvalue weighted by atomic mass is 10.1. The Balaban J connectivity index is 1.88. The molecule has 24 heavy (non-hydrogen) atoms. The molecule has 1 aromatic carbocycles. The van der Waals surface area contributed by atoms with Crippen molar-refractivity contribution < 1.29 is 14.6 Å². The Morgan fingerprint density at radius 3 is 2.83 bits per heavy atom. The second kappa shape index (κ2) is 6.45. The number of hydrogen-bond donors (Lipinski definition) is 2. The number of ether oxygens (including phenoxy) is 1. The van der Waals surface area contributed by atoms with Gasteiger partial charge in [-0.15, -0.1) is 0 Å². The lowest BCUT2D eigenvalue weighted by Gasteiger charge is -2.21. The van der Waals surface area contributed by atoms with Gasteiger partial charge in [-0.1, -0.05) is 0 Å². The summed E-state index contributed by atoms with van der Waals surface area (Å²) in [5, 5.41) is 10.7. The number of benzene rings is 1. The molecule has 1 saturated heterocycles. The van der Waals surface area contributed by atoms with Crippen LogP contribution in [0.3, 0.4) is 0 Å². The van der Waals surface area contributed by atoms with Gasteiger partial charge in [-0.05, 0) is 51.2 Å². The molecule has 1 fully saturated rings. The van der Waals surface area contributed by atoms with E-state index in [1.807, 2.05) is 32.3 Å². The average molecular weight is 331 g/mol. The third kappa shape index (κ3) is 2.99. The van der Waals surface area contributed by atoms with Crippen molar-refractivity contribution in [2.24, 2.45) is 0 Å². The summed E-state index contributed by atoms with van der Waals surface area (Å²) >= 11 is 0. The van der Waals surface area contributed by atoms with Crippen LogP contribution in [0.5, 0.6) is 5.75 Å². The molecule has 0 aliphatic carbocycles. The molecule has 3 rings (SSSR count). The standard InChI is InChI=1S/C18H25N3O3/c1-11-14-8-13(24-4)5-6-15(14)19-16(11)10-21-9-12(20(2)3)7-17(21)18(22)23/h5-6,8,12,17,19H,7,9-10H2,1-4H3,(H,22,23)/t12-,17+/m1/s1. The molecule has 1 aliphatic heterocycles. The highest BCUT2D eigenvalue weighted by atomic mass is 16.5. The largest absolute Gasteiger partial charge is 0.497 e. The highest BCUT2D eigenvalue weighted by Gasteiger charge is 2.37. The van der Waals surface area contributed by atoms with E-state index in [1.165, 1.54) is 0 Å². The van der Waals surface area contributed by atoms with Crippen LogP contribution >= 0.6 is 0 Å². The molecule has 0 spiro atoms. The van der Waals surface area contributed by atoms with Crippen molar-refractivity contribution in [2.45, 2.75) is 32.0 Å². The Morgan fingerprint density at radius 1 is 1.46 bits per heavy atom. The fraction of sp³-hybridized carbons (Fsp3) is 0.500. The van der Waals surface area contributed by atoms with Crippen molar-refractivity contribution in [1.82, 2.24) is 14.8 Å². The molecule has 0 radical (unpaired) electrons. The summed E-state index contributed by atoms with van der Waals surface area (Å²) in [4.78, 5) is 19.2. The van der Waals surface area contributed by atoms with Crippen LogP contribution in [-0.4, -0.2) is 65.7 Å². The summed E-state index contributed by atoms with van der Waals surface area (Å²) in [7, 11) is 5.67. The fourth-order valence-corrected chi connectivity index (χ4v) is 3.53. The molecule has 6 heteroatoms. The number of aryl methyl sites for hydroxylation is 1. The molecule has 0 amide bonds. The monoisotopic (exact) mass is 331 g/mol. The summed E-state index contributed by atoms with van der Waals surface area (Å²) < 4.78 is 5.30. The molecule has 0 saturated carbocycles. The molecule has 2 N–H and O–H groups in total. The second-order valence-corrected chi connectivity index (χ2v) is 6.78. The maximum absolute atomic E-state index is 11.6. The maximum atomic E-state index is 11.6. The number of aliphatic carboxylic acids is 1. The third-order valence-electron chi connectivity index (χ3n) is 5.13. The van der Waals surface area contributed by atoms with Crippen LogP contribution in [0.2, 0.25) is 0 Å². The first-order chi connectivity index (χ1) is 11.4. The number of nitrogens with one attached hydrogen (secondary N) is 1. The first kappa shape index (κ1) is 16.8. The van der Waals surface area contributed by atoms with E-state index in [-0.39, 0.29) is 6.04 Å². The highest BCUT2D eigenvalue weighted by molar-refractivity contribution is 5.85. The van der Waals surface area contributed by atoms with Gasteiger partial charge in [0.25, 0.3) is 0 Å². The molecule has 2 heterocycles. The van der Waals surface area contributed by atoms with Gasteiger partial charge in [0, 0.05) is 35.7 Å². The number of aromatic nitrogens is 1. The molecular weight excluding hydrogens is 306 g/mol. The van der Waals surface area contributed by atoms with Crippen molar-refractivity contribution in [1.29, 1.82) is 0 Å². The first-order valence-electron chi connectivity index (χ1n) is 8.19. The Bertz CT molecular complexity index is 753. The molecule has 0 bridgehead atoms. The number of carboxylic acid groups (broad SMARTS) is 1. The number of rotatable bonds is 5. The maximum Gasteiger partial charge on any atom is 0.320 e. The first-order valence-corrected chi connectivity index (χ1v) is 8.19. The highest BCUT2D eigenvalue weighted by Crippen LogP contribution is 2.29. The number of methoxy groups -OCH3 is 1. The SMILES string of the molecule is COc1ccc2[nH]c(CN3C[C@H](N(C)C)C[C@H]3C(=O)O)c(C)c2c1. The summed E-state index contributed by atoms with van der Waals surface area (Å²) in [6.45, 7) is 3.45. The van der Waals surface area contributed by atoms with Crippen LogP contribution in [0.25, 0.3) is 10.9 Å². The van der Waals surface area contributed by atoms with Crippen LogP contribution in [0.4, 0.5) is 0 Å². The summed E-state index contributed by atoms with van der Waals surface area (Å²) in [6.07, 6.45) is 0.662. The van der Waals surface area contributed by atoms with E-state index in [1.54, 1.807) is 7.11 Å². The smallest absolute Gasteiger partial charge is 0.320 e. The predicted molar refractivity (Wildman–Crippen MR) is 93.5 cm³/mol. The van der Waals surface area contributed by atoms with Crippen molar-refractivity contribution in [3.63, 3.8) is 0 Å². The molecular formula is C18H25N3O3. The van der Waals surface area contributed by atoms with E-state index in [0.717, 1.165) is 34.5 Å². The summed E-state index contributed by atoms with van der Waals surface area (Å²) in [5.74, 6) is 0.0863. The van der Waals surface area contributed by atoms with Gasteiger partial charge < -0.3 is 19.7 Å². The van der Waals surface area contributed by atoms with E-state index >= 15 is 0 Å². The van der Waals surface area contributed by atoms with E-state index in [4.69, 9.17) is 4.74 Å². The Labute approximate surface area is 142 Å². The lowest BCUT2D eigenvalue weighted by molar-refractivity contribution is -0.142. The van der Waals surface area contributed by atoms with E-state index in [0.29, 0.717) is 13.0 Å². The topological polar surface area (TPSA) is 68.8 Å². The van der Waals surface area contributed by atoms with Gasteiger partial charge in [0.1, 0.15) is 11.8 Å². The third-order valence-corrected chi connectivity index (χ3v) is 5.13. The number of nitrogens with zero attached hydrogens (tertiary/aromatic N) is 2. The van der Waals surface area contributed by atoms with Crippen LogP contribution in [-0.2, 0) is 11.3 Å². The number of H-pyrrole nitrogens is 1. The Morgan fingerprint density at radius 2 is 2.21 bits per heavy atom. The molecule has 130 valence electrons. The number of aromatic amines is 1.